The number of rotatable bonds is 7. The number of hydrogen-bond acceptors (Lipinski definition) is 6. The molecule has 0 spiro atoms. The van der Waals surface area contributed by atoms with Crippen LogP contribution in [0.1, 0.15) is 41.1 Å². The van der Waals surface area contributed by atoms with Gasteiger partial charge < -0.3 is 9.64 Å². The summed E-state index contributed by atoms with van der Waals surface area (Å²) in [6.07, 6.45) is 5.12. The van der Waals surface area contributed by atoms with Gasteiger partial charge in [-0.05, 0) is 71.4 Å². The molecule has 1 heterocycles. The molecule has 1 unspecified atom stereocenters. The third-order valence-electron chi connectivity index (χ3n) is 7.10. The molecule has 0 saturated carbocycles. The van der Waals surface area contributed by atoms with Crippen molar-refractivity contribution in [2.24, 2.45) is 0 Å². The number of sulfonamides is 1. The number of amides is 2. The number of nitrogens with zero attached hydrogens (tertiary/aromatic N) is 3. The molecule has 1 aliphatic carbocycles. The summed E-state index contributed by atoms with van der Waals surface area (Å²) in [4.78, 5) is 28.7. The van der Waals surface area contributed by atoms with Gasteiger partial charge in [-0.25, -0.2) is 17.5 Å². The quantitative estimate of drug-likeness (QED) is 0.470. The molecule has 2 amide bonds. The van der Waals surface area contributed by atoms with E-state index in [1.165, 1.54) is 18.2 Å². The van der Waals surface area contributed by atoms with Crippen LogP contribution >= 0.6 is 23.2 Å². The monoisotopic (exact) mass is 579 g/mol. The summed E-state index contributed by atoms with van der Waals surface area (Å²) in [5, 5.41) is 0.976. The van der Waals surface area contributed by atoms with Crippen molar-refractivity contribution in [1.29, 1.82) is 0 Å². The van der Waals surface area contributed by atoms with Crippen molar-refractivity contribution in [2.75, 3.05) is 40.0 Å². The Kier molecular flexibility index (Phi) is 8.72. The molecule has 2 aromatic rings. The smallest absolute Gasteiger partial charge is 0.410 e. The number of aryl methyl sites for hydroxylation is 1. The second-order valence-electron chi connectivity index (χ2n) is 9.75. The van der Waals surface area contributed by atoms with Gasteiger partial charge in [0.25, 0.3) is 0 Å². The van der Waals surface area contributed by atoms with Crippen molar-refractivity contribution in [2.45, 2.75) is 31.9 Å². The van der Waals surface area contributed by atoms with Crippen molar-refractivity contribution in [1.82, 2.24) is 14.1 Å². The first-order chi connectivity index (χ1) is 17.9. The highest BCUT2D eigenvalue weighted by Crippen LogP contribution is 2.38. The van der Waals surface area contributed by atoms with Crippen molar-refractivity contribution < 1.29 is 22.7 Å². The van der Waals surface area contributed by atoms with Crippen LogP contribution in [0.2, 0.25) is 10.0 Å². The molecule has 1 atom stereocenters. The Bertz CT molecular complexity index is 1360. The molecule has 11 heteroatoms. The maximum absolute atomic E-state index is 12.9. The zero-order chi connectivity index (χ0) is 27.6. The van der Waals surface area contributed by atoms with Gasteiger partial charge in [-0.2, -0.15) is 0 Å². The van der Waals surface area contributed by atoms with Gasteiger partial charge in [0.2, 0.25) is 15.9 Å². The molecule has 0 N–H and O–H groups in total. The van der Waals surface area contributed by atoms with E-state index in [4.69, 9.17) is 27.9 Å². The zero-order valence-corrected chi connectivity index (χ0v) is 23.9. The van der Waals surface area contributed by atoms with E-state index in [1.807, 2.05) is 4.90 Å². The number of halogens is 2. The Morgan fingerprint density at radius 1 is 1.08 bits per heavy atom. The van der Waals surface area contributed by atoms with Crippen molar-refractivity contribution in [3.63, 3.8) is 0 Å². The van der Waals surface area contributed by atoms with E-state index in [2.05, 4.69) is 24.3 Å². The summed E-state index contributed by atoms with van der Waals surface area (Å²) in [7, 11) is -0.525. The average Bonchev–Trinajstić information content (AvgIpc) is 3.29. The van der Waals surface area contributed by atoms with E-state index in [0.717, 1.165) is 46.5 Å². The predicted molar refractivity (Wildman–Crippen MR) is 149 cm³/mol. The standard InChI is InChI=1S/C27H31Cl2N3O5S/c1-30(27(34)37-17-18-12-22(28)15-23(29)13-18)25-7-6-20-4-5-21(14-24(20)25)19-8-10-32(11-9-19)16-26(33)31(2)38(3,35)36/h4-5,8,12-15,25H,6-7,9-11,16-17H2,1-3H3. The second-order valence-corrected chi connectivity index (χ2v) is 12.6. The van der Waals surface area contributed by atoms with Gasteiger partial charge in [0.15, 0.2) is 0 Å². The van der Waals surface area contributed by atoms with Crippen LogP contribution in [0.5, 0.6) is 0 Å². The molecule has 0 bridgehead atoms. The molecular weight excluding hydrogens is 549 g/mol. The molecule has 2 aliphatic rings. The Morgan fingerprint density at radius 3 is 2.42 bits per heavy atom. The molecule has 0 radical (unpaired) electrons. The third kappa shape index (κ3) is 6.69. The van der Waals surface area contributed by atoms with E-state index in [0.29, 0.717) is 23.1 Å². The summed E-state index contributed by atoms with van der Waals surface area (Å²) in [5.41, 5.74) is 5.31. The molecule has 0 saturated heterocycles. The number of benzene rings is 2. The fourth-order valence-electron chi connectivity index (χ4n) is 4.84. The Hall–Kier alpha value is -2.59. The van der Waals surface area contributed by atoms with Crippen LogP contribution in [-0.2, 0) is 32.6 Å². The molecule has 38 heavy (non-hydrogen) atoms. The predicted octanol–water partition coefficient (Wildman–Crippen LogP) is 4.76. The van der Waals surface area contributed by atoms with E-state index >= 15 is 0 Å². The summed E-state index contributed by atoms with van der Waals surface area (Å²) >= 11 is 12.1. The Balaban J connectivity index is 1.40. The fourth-order valence-corrected chi connectivity index (χ4v) is 5.84. The summed E-state index contributed by atoms with van der Waals surface area (Å²) in [6.45, 7) is 1.33. The molecule has 0 aromatic heterocycles. The lowest BCUT2D eigenvalue weighted by molar-refractivity contribution is -0.126. The van der Waals surface area contributed by atoms with Gasteiger partial charge in [0.1, 0.15) is 6.61 Å². The zero-order valence-electron chi connectivity index (χ0n) is 21.6. The molecule has 0 fully saturated rings. The number of fused-ring (bicyclic) bond motifs is 1. The van der Waals surface area contributed by atoms with Crippen LogP contribution < -0.4 is 0 Å². The largest absolute Gasteiger partial charge is 0.445 e. The van der Waals surface area contributed by atoms with Gasteiger partial charge in [-0.15, -0.1) is 0 Å². The van der Waals surface area contributed by atoms with Crippen molar-refractivity contribution in [3.8, 4) is 0 Å². The molecule has 204 valence electrons. The maximum atomic E-state index is 12.9. The topological polar surface area (TPSA) is 87.2 Å². The number of carbonyl (C=O) groups is 2. The van der Waals surface area contributed by atoms with Crippen LogP contribution in [-0.4, -0.2) is 74.5 Å². The molecule has 1 aliphatic heterocycles. The first kappa shape index (κ1) is 28.4. The van der Waals surface area contributed by atoms with Crippen LogP contribution in [0.25, 0.3) is 5.57 Å². The van der Waals surface area contributed by atoms with Crippen molar-refractivity contribution in [3.05, 3.63) is 74.8 Å². The van der Waals surface area contributed by atoms with Crippen LogP contribution in [0.3, 0.4) is 0 Å². The van der Waals surface area contributed by atoms with Gasteiger partial charge in [-0.1, -0.05) is 41.4 Å². The summed E-state index contributed by atoms with van der Waals surface area (Å²) in [6, 6.07) is 11.3. The van der Waals surface area contributed by atoms with Gasteiger partial charge in [-0.3, -0.25) is 9.69 Å². The van der Waals surface area contributed by atoms with Crippen molar-refractivity contribution >= 4 is 50.8 Å². The SMILES string of the molecule is CN(C(=O)OCc1cc(Cl)cc(Cl)c1)C1CCc2ccc(C3=CCN(CC(=O)N(C)S(C)(=O)=O)CC3)cc21. The molecule has 4 rings (SSSR count). The lowest BCUT2D eigenvalue weighted by Crippen LogP contribution is -2.42. The molecule has 2 aromatic carbocycles. The molecule has 8 nitrogen and oxygen atoms in total. The number of likely N-dealkylation sites (N-methyl/N-ethyl adjacent to an activating group) is 1. The van der Waals surface area contributed by atoms with Crippen LogP contribution in [0.4, 0.5) is 4.79 Å². The normalized spacial score (nSPS) is 17.5. The highest BCUT2D eigenvalue weighted by molar-refractivity contribution is 7.88. The minimum Gasteiger partial charge on any atom is -0.445 e. The Morgan fingerprint density at radius 2 is 1.79 bits per heavy atom. The number of hydrogen-bond donors (Lipinski definition) is 0. The average molecular weight is 581 g/mol. The van der Waals surface area contributed by atoms with E-state index in [-0.39, 0.29) is 19.2 Å². The minimum absolute atomic E-state index is 0.0495. The number of carbonyl (C=O) groups excluding carboxylic acids is 2. The van der Waals surface area contributed by atoms with Gasteiger partial charge in [0, 0.05) is 37.2 Å². The van der Waals surface area contributed by atoms with Gasteiger partial charge in [0.05, 0.1) is 18.8 Å². The van der Waals surface area contributed by atoms with Crippen LogP contribution in [0, 0.1) is 0 Å². The fraction of sp³-hybridized carbons (Fsp3) is 0.407. The minimum atomic E-state index is -3.56. The number of ether oxygens (including phenoxy) is 1. The lowest BCUT2D eigenvalue weighted by Gasteiger charge is -2.28. The van der Waals surface area contributed by atoms with E-state index in [9.17, 15) is 18.0 Å². The first-order valence-electron chi connectivity index (χ1n) is 12.3. The maximum Gasteiger partial charge on any atom is 0.410 e. The second kappa shape index (κ2) is 11.7. The van der Waals surface area contributed by atoms with E-state index < -0.39 is 22.0 Å². The highest BCUT2D eigenvalue weighted by Gasteiger charge is 2.30. The van der Waals surface area contributed by atoms with Gasteiger partial charge >= 0.3 is 6.09 Å². The summed E-state index contributed by atoms with van der Waals surface area (Å²) < 4.78 is 29.6. The lowest BCUT2D eigenvalue weighted by atomic mass is 9.95. The highest BCUT2D eigenvalue weighted by atomic mass is 35.5. The third-order valence-corrected chi connectivity index (χ3v) is 8.74. The molecular formula is C27H31Cl2N3O5S. The first-order valence-corrected chi connectivity index (χ1v) is 14.9. The van der Waals surface area contributed by atoms with Crippen LogP contribution in [0.15, 0.2) is 42.5 Å². The van der Waals surface area contributed by atoms with E-state index in [1.54, 1.807) is 30.1 Å². The summed E-state index contributed by atoms with van der Waals surface area (Å²) in [5.74, 6) is -0.446. The Labute approximate surface area is 233 Å².